The number of nitrogens with zero attached hydrogens (tertiary/aromatic N) is 6. The van der Waals surface area contributed by atoms with Gasteiger partial charge in [-0.2, -0.15) is 5.10 Å². The molecule has 2 aromatic carbocycles. The molecule has 13 heteroatoms. The Morgan fingerprint density at radius 2 is 1.87 bits per heavy atom. The Hall–Kier alpha value is -4.26. The van der Waals surface area contributed by atoms with Gasteiger partial charge in [0.1, 0.15) is 29.0 Å². The van der Waals surface area contributed by atoms with Crippen molar-refractivity contribution >= 4 is 56.7 Å². The Morgan fingerprint density at radius 3 is 2.50 bits per heavy atom. The second-order valence-electron chi connectivity index (χ2n) is 8.49. The van der Waals surface area contributed by atoms with Crippen LogP contribution >= 0.6 is 15.9 Å². The molecular formula is C25H22BrF2N7O3. The summed E-state index contributed by atoms with van der Waals surface area (Å²) in [6, 6.07) is 7.55. The molecule has 0 fully saturated rings. The number of rotatable bonds is 7. The predicted molar refractivity (Wildman–Crippen MR) is 140 cm³/mol. The molecule has 1 amide bonds. The number of halogens is 3. The molecule has 1 atom stereocenters. The average Bonchev–Trinajstić information content (AvgIpc) is 3.17. The lowest BCUT2D eigenvalue weighted by molar-refractivity contribution is -0.152. The molecular weight excluding hydrogens is 564 g/mol. The number of benzene rings is 2. The number of aliphatic imine (C=N–C) groups is 1. The summed E-state index contributed by atoms with van der Waals surface area (Å²) in [4.78, 5) is 39.4. The van der Waals surface area contributed by atoms with Gasteiger partial charge in [0.2, 0.25) is 6.10 Å². The zero-order chi connectivity index (χ0) is 27.6. The molecule has 0 saturated carbocycles. The van der Waals surface area contributed by atoms with Crippen LogP contribution in [0.5, 0.6) is 0 Å². The summed E-state index contributed by atoms with van der Waals surface area (Å²) in [5, 5.41) is 7.18. The molecule has 0 spiro atoms. The largest absolute Gasteiger partial charge is 0.447 e. The van der Waals surface area contributed by atoms with E-state index < -0.39 is 29.6 Å². The SMILES string of the molecule is CC(=O)OC(C(=O)Nc1ccc(-n2nc(Br)c3ncnc(N=CN(C)C)c32)c(C)c1)c1cc(F)cc(F)c1. The van der Waals surface area contributed by atoms with E-state index in [4.69, 9.17) is 4.74 Å². The Morgan fingerprint density at radius 1 is 1.16 bits per heavy atom. The van der Waals surface area contributed by atoms with E-state index in [1.807, 2.05) is 21.0 Å². The molecule has 10 nitrogen and oxygen atoms in total. The zero-order valence-electron chi connectivity index (χ0n) is 20.7. The van der Waals surface area contributed by atoms with Crippen molar-refractivity contribution in [3.8, 4) is 5.69 Å². The molecule has 0 aliphatic rings. The standard InChI is InChI=1S/C25H22BrF2N7O3/c1-13-7-18(32-25(37)22(38-14(2)36)15-8-16(27)10-17(28)9-15)5-6-19(13)35-21-20(23(26)33-35)29-11-30-24(21)31-12-34(3)4/h5-12,22H,1-4H3,(H,32,37). The third kappa shape index (κ3) is 5.83. The van der Waals surface area contributed by atoms with Crippen molar-refractivity contribution in [2.24, 2.45) is 4.99 Å². The molecule has 2 heterocycles. The third-order valence-electron chi connectivity index (χ3n) is 5.21. The average molecular weight is 586 g/mol. The van der Waals surface area contributed by atoms with Gasteiger partial charge in [-0.3, -0.25) is 9.59 Å². The van der Waals surface area contributed by atoms with Crippen LogP contribution in [0, 0.1) is 18.6 Å². The number of amides is 1. The molecule has 4 rings (SSSR count). The van der Waals surface area contributed by atoms with Crippen molar-refractivity contribution in [2.45, 2.75) is 20.0 Å². The number of hydrogen-bond donors (Lipinski definition) is 1. The van der Waals surface area contributed by atoms with Gasteiger partial charge in [-0.1, -0.05) is 0 Å². The molecule has 196 valence electrons. The summed E-state index contributed by atoms with van der Waals surface area (Å²) in [5.74, 6) is -2.96. The predicted octanol–water partition coefficient (Wildman–Crippen LogP) is 4.63. The summed E-state index contributed by atoms with van der Waals surface area (Å²) in [6.45, 7) is 2.91. The molecule has 38 heavy (non-hydrogen) atoms. The molecule has 1 unspecified atom stereocenters. The van der Waals surface area contributed by atoms with Crippen molar-refractivity contribution in [1.29, 1.82) is 0 Å². The van der Waals surface area contributed by atoms with Crippen LogP contribution in [0.15, 0.2) is 52.3 Å². The number of anilines is 1. The van der Waals surface area contributed by atoms with Crippen molar-refractivity contribution < 1.29 is 23.1 Å². The van der Waals surface area contributed by atoms with Gasteiger partial charge in [-0.15, -0.1) is 0 Å². The maximum atomic E-state index is 13.8. The first-order valence-corrected chi connectivity index (χ1v) is 12.0. The Labute approximate surface area is 224 Å². The van der Waals surface area contributed by atoms with Gasteiger partial charge < -0.3 is 15.0 Å². The Balaban J connectivity index is 1.68. The lowest BCUT2D eigenvalue weighted by Crippen LogP contribution is -2.25. The Kier molecular flexibility index (Phi) is 7.76. The van der Waals surface area contributed by atoms with Gasteiger partial charge in [-0.05, 0) is 58.7 Å². The lowest BCUT2D eigenvalue weighted by Gasteiger charge is -2.18. The van der Waals surface area contributed by atoms with Crippen LogP contribution in [-0.2, 0) is 14.3 Å². The summed E-state index contributed by atoms with van der Waals surface area (Å²) in [5.41, 5.74) is 2.74. The van der Waals surface area contributed by atoms with E-state index in [1.54, 1.807) is 34.1 Å². The van der Waals surface area contributed by atoms with Crippen molar-refractivity contribution in [3.05, 3.63) is 70.1 Å². The van der Waals surface area contributed by atoms with Gasteiger partial charge >= 0.3 is 5.97 Å². The number of hydrogen-bond acceptors (Lipinski definition) is 7. The number of aryl methyl sites for hydroxylation is 1. The molecule has 2 aromatic heterocycles. The highest BCUT2D eigenvalue weighted by Crippen LogP contribution is 2.32. The normalized spacial score (nSPS) is 12.1. The highest BCUT2D eigenvalue weighted by molar-refractivity contribution is 9.10. The number of fused-ring (bicyclic) bond motifs is 1. The van der Waals surface area contributed by atoms with Crippen LogP contribution in [0.3, 0.4) is 0 Å². The Bertz CT molecular complexity index is 1550. The molecule has 1 N–H and O–H groups in total. The number of ether oxygens (including phenoxy) is 1. The fourth-order valence-electron chi connectivity index (χ4n) is 3.68. The van der Waals surface area contributed by atoms with Crippen molar-refractivity contribution in [3.63, 3.8) is 0 Å². The van der Waals surface area contributed by atoms with Crippen molar-refractivity contribution in [2.75, 3.05) is 19.4 Å². The van der Waals surface area contributed by atoms with Crippen LogP contribution in [0.25, 0.3) is 16.7 Å². The van der Waals surface area contributed by atoms with Gasteiger partial charge in [0, 0.05) is 38.3 Å². The second-order valence-corrected chi connectivity index (χ2v) is 9.24. The van der Waals surface area contributed by atoms with E-state index in [9.17, 15) is 18.4 Å². The lowest BCUT2D eigenvalue weighted by atomic mass is 10.1. The number of carbonyl (C=O) groups is 2. The van der Waals surface area contributed by atoms with Gasteiger partial charge in [0.05, 0.1) is 12.0 Å². The minimum absolute atomic E-state index is 0.137. The number of nitrogens with one attached hydrogen (secondary N) is 1. The smallest absolute Gasteiger partial charge is 0.303 e. The van der Waals surface area contributed by atoms with Crippen LogP contribution in [0.1, 0.15) is 24.2 Å². The first-order chi connectivity index (χ1) is 18.0. The fourth-order valence-corrected chi connectivity index (χ4v) is 4.13. The highest BCUT2D eigenvalue weighted by atomic mass is 79.9. The summed E-state index contributed by atoms with van der Waals surface area (Å²) in [6.07, 6.45) is 1.46. The highest BCUT2D eigenvalue weighted by Gasteiger charge is 2.26. The van der Waals surface area contributed by atoms with E-state index in [2.05, 4.69) is 41.3 Å². The number of esters is 1. The fraction of sp³-hybridized carbons (Fsp3) is 0.200. The molecule has 0 radical (unpaired) electrons. The van der Waals surface area contributed by atoms with Crippen LogP contribution in [0.4, 0.5) is 20.3 Å². The first kappa shape index (κ1) is 26.8. The topological polar surface area (TPSA) is 115 Å². The number of carbonyl (C=O) groups excluding carboxylic acids is 2. The maximum Gasteiger partial charge on any atom is 0.303 e. The van der Waals surface area contributed by atoms with Crippen molar-refractivity contribution in [1.82, 2.24) is 24.6 Å². The second kappa shape index (κ2) is 11.0. The number of aromatic nitrogens is 4. The van der Waals surface area contributed by atoms with Gasteiger partial charge in [0.15, 0.2) is 10.4 Å². The molecule has 0 aliphatic carbocycles. The molecule has 0 bridgehead atoms. The first-order valence-electron chi connectivity index (χ1n) is 11.2. The molecule has 0 saturated heterocycles. The summed E-state index contributed by atoms with van der Waals surface area (Å²) in [7, 11) is 3.67. The van der Waals surface area contributed by atoms with Gasteiger partial charge in [0.25, 0.3) is 5.91 Å². The van der Waals surface area contributed by atoms with Crippen LogP contribution < -0.4 is 5.32 Å². The minimum Gasteiger partial charge on any atom is -0.447 e. The van der Waals surface area contributed by atoms with E-state index in [0.29, 0.717) is 44.5 Å². The van der Waals surface area contributed by atoms with E-state index in [1.165, 1.54) is 6.33 Å². The van der Waals surface area contributed by atoms with E-state index in [0.717, 1.165) is 19.1 Å². The molecule has 4 aromatic rings. The monoisotopic (exact) mass is 585 g/mol. The summed E-state index contributed by atoms with van der Waals surface area (Å²) >= 11 is 3.43. The summed E-state index contributed by atoms with van der Waals surface area (Å²) < 4.78 is 34.7. The van der Waals surface area contributed by atoms with E-state index in [-0.39, 0.29) is 5.56 Å². The minimum atomic E-state index is -1.56. The third-order valence-corrected chi connectivity index (χ3v) is 5.75. The maximum absolute atomic E-state index is 13.8. The quantitative estimate of drug-likeness (QED) is 0.191. The van der Waals surface area contributed by atoms with Crippen LogP contribution in [-0.4, -0.2) is 57.0 Å². The zero-order valence-corrected chi connectivity index (χ0v) is 22.3. The van der Waals surface area contributed by atoms with E-state index >= 15 is 0 Å². The van der Waals surface area contributed by atoms with Gasteiger partial charge in [-0.25, -0.2) is 28.4 Å². The van der Waals surface area contributed by atoms with Crippen LogP contribution in [0.2, 0.25) is 0 Å². The molecule has 0 aliphatic heterocycles.